The summed E-state index contributed by atoms with van der Waals surface area (Å²) in [4.78, 5) is 24.4. The van der Waals surface area contributed by atoms with E-state index in [0.717, 1.165) is 42.4 Å². The molecule has 3 rings (SSSR count). The lowest BCUT2D eigenvalue weighted by Gasteiger charge is -2.22. The van der Waals surface area contributed by atoms with E-state index in [9.17, 15) is 9.90 Å². The minimum atomic E-state index is -0.382. The SMILES string of the molecule is CCCN(Cc1nc2sc3c(c2c(=O)[nH]1)CCC3)C[C@H](C)O. The average Bonchev–Trinajstić information content (AvgIpc) is 2.97. The van der Waals surface area contributed by atoms with Crippen LogP contribution in [0.5, 0.6) is 0 Å². The molecule has 1 atom stereocenters. The summed E-state index contributed by atoms with van der Waals surface area (Å²) in [5.74, 6) is 0.700. The molecular weight excluding hydrogens is 298 g/mol. The van der Waals surface area contributed by atoms with E-state index >= 15 is 0 Å². The molecule has 0 aromatic carbocycles. The number of rotatable bonds is 6. The Balaban J connectivity index is 1.90. The van der Waals surface area contributed by atoms with Crippen molar-refractivity contribution in [1.29, 1.82) is 0 Å². The molecule has 1 aliphatic carbocycles. The number of hydrogen-bond donors (Lipinski definition) is 2. The van der Waals surface area contributed by atoms with E-state index in [1.54, 1.807) is 18.3 Å². The number of nitrogens with one attached hydrogen (secondary N) is 1. The molecule has 2 N–H and O–H groups in total. The molecule has 0 spiro atoms. The van der Waals surface area contributed by atoms with Crippen LogP contribution in [-0.4, -0.2) is 39.2 Å². The molecule has 2 heterocycles. The predicted molar refractivity (Wildman–Crippen MR) is 89.5 cm³/mol. The van der Waals surface area contributed by atoms with Crippen LogP contribution in [-0.2, 0) is 19.4 Å². The predicted octanol–water partition coefficient (Wildman–Crippen LogP) is 2.07. The summed E-state index contributed by atoms with van der Waals surface area (Å²) in [5, 5.41) is 10.4. The number of aliphatic hydroxyl groups is 1. The third kappa shape index (κ3) is 3.09. The molecule has 0 saturated heterocycles. The maximum absolute atomic E-state index is 12.4. The number of fused-ring (bicyclic) bond motifs is 3. The van der Waals surface area contributed by atoms with Crippen LogP contribution in [0.2, 0.25) is 0 Å². The number of aromatic nitrogens is 2. The maximum Gasteiger partial charge on any atom is 0.259 e. The lowest BCUT2D eigenvalue weighted by atomic mass is 10.2. The van der Waals surface area contributed by atoms with Crippen LogP contribution in [0.15, 0.2) is 4.79 Å². The molecule has 1 aliphatic rings. The van der Waals surface area contributed by atoms with E-state index in [4.69, 9.17) is 0 Å². The summed E-state index contributed by atoms with van der Waals surface area (Å²) in [6.07, 6.45) is 3.86. The number of thiophene rings is 1. The summed E-state index contributed by atoms with van der Waals surface area (Å²) in [7, 11) is 0. The monoisotopic (exact) mass is 321 g/mol. The number of aromatic amines is 1. The molecule has 0 aliphatic heterocycles. The molecule has 5 nitrogen and oxygen atoms in total. The van der Waals surface area contributed by atoms with Crippen molar-refractivity contribution in [1.82, 2.24) is 14.9 Å². The average molecular weight is 321 g/mol. The van der Waals surface area contributed by atoms with Gasteiger partial charge in [-0.3, -0.25) is 9.69 Å². The van der Waals surface area contributed by atoms with E-state index in [0.29, 0.717) is 18.9 Å². The van der Waals surface area contributed by atoms with E-state index in [-0.39, 0.29) is 11.7 Å². The van der Waals surface area contributed by atoms with Crippen LogP contribution in [0.1, 0.15) is 43.0 Å². The minimum Gasteiger partial charge on any atom is -0.392 e. The Labute approximate surface area is 134 Å². The molecule has 22 heavy (non-hydrogen) atoms. The highest BCUT2D eigenvalue weighted by Gasteiger charge is 2.21. The smallest absolute Gasteiger partial charge is 0.259 e. The van der Waals surface area contributed by atoms with Crippen molar-refractivity contribution in [2.45, 2.75) is 52.2 Å². The summed E-state index contributed by atoms with van der Waals surface area (Å²) in [6, 6.07) is 0. The van der Waals surface area contributed by atoms with Crippen molar-refractivity contribution in [3.05, 3.63) is 26.6 Å². The molecule has 6 heteroatoms. The Hall–Kier alpha value is -1.24. The molecule has 0 fully saturated rings. The molecule has 120 valence electrons. The first kappa shape index (κ1) is 15.6. The van der Waals surface area contributed by atoms with Gasteiger partial charge >= 0.3 is 0 Å². The largest absolute Gasteiger partial charge is 0.392 e. The van der Waals surface area contributed by atoms with Crippen molar-refractivity contribution in [2.24, 2.45) is 0 Å². The van der Waals surface area contributed by atoms with Crippen LogP contribution in [0.4, 0.5) is 0 Å². The fourth-order valence-corrected chi connectivity index (χ4v) is 4.54. The van der Waals surface area contributed by atoms with Crippen molar-refractivity contribution >= 4 is 21.6 Å². The Morgan fingerprint density at radius 3 is 3.00 bits per heavy atom. The molecule has 0 bridgehead atoms. The highest BCUT2D eigenvalue weighted by Crippen LogP contribution is 2.34. The third-order valence-corrected chi connectivity index (χ3v) is 5.25. The summed E-state index contributed by atoms with van der Waals surface area (Å²) >= 11 is 1.67. The Kier molecular flexibility index (Phi) is 4.61. The first-order valence-corrected chi connectivity index (χ1v) is 8.84. The van der Waals surface area contributed by atoms with Gasteiger partial charge in [0.2, 0.25) is 0 Å². The van der Waals surface area contributed by atoms with Gasteiger partial charge < -0.3 is 10.1 Å². The summed E-state index contributed by atoms with van der Waals surface area (Å²) in [5.41, 5.74) is 1.21. The number of H-pyrrole nitrogens is 1. The highest BCUT2D eigenvalue weighted by molar-refractivity contribution is 7.18. The van der Waals surface area contributed by atoms with Crippen LogP contribution < -0.4 is 5.56 Å². The first-order valence-electron chi connectivity index (χ1n) is 8.02. The quantitative estimate of drug-likeness (QED) is 0.854. The number of aryl methyl sites for hydroxylation is 2. The van der Waals surface area contributed by atoms with Crippen molar-refractivity contribution < 1.29 is 5.11 Å². The standard InChI is InChI=1S/C16H23N3O2S/c1-3-7-19(8-10(2)20)9-13-17-15(21)14-11-5-4-6-12(11)22-16(14)18-13/h10,20H,3-9H2,1-2H3,(H,17,18,21)/t10-/m0/s1. The van der Waals surface area contributed by atoms with Gasteiger partial charge in [-0.05, 0) is 44.7 Å². The van der Waals surface area contributed by atoms with E-state index in [1.165, 1.54) is 10.4 Å². The Morgan fingerprint density at radius 2 is 2.27 bits per heavy atom. The maximum atomic E-state index is 12.4. The first-order chi connectivity index (χ1) is 10.6. The van der Waals surface area contributed by atoms with Crippen LogP contribution in [0.25, 0.3) is 10.2 Å². The van der Waals surface area contributed by atoms with Gasteiger partial charge in [-0.25, -0.2) is 4.98 Å². The molecular formula is C16H23N3O2S. The van der Waals surface area contributed by atoms with E-state index in [2.05, 4.69) is 21.8 Å². The van der Waals surface area contributed by atoms with E-state index in [1.807, 2.05) is 0 Å². The van der Waals surface area contributed by atoms with Gasteiger partial charge in [0, 0.05) is 11.4 Å². The minimum absolute atomic E-state index is 0.00658. The molecule has 0 radical (unpaired) electrons. The third-order valence-electron chi connectivity index (χ3n) is 4.06. The van der Waals surface area contributed by atoms with Crippen LogP contribution in [0, 0.1) is 0 Å². The van der Waals surface area contributed by atoms with Crippen molar-refractivity contribution in [3.8, 4) is 0 Å². The zero-order valence-corrected chi connectivity index (χ0v) is 14.0. The molecule has 2 aromatic rings. The van der Waals surface area contributed by atoms with Gasteiger partial charge in [-0.15, -0.1) is 11.3 Å². The van der Waals surface area contributed by atoms with Crippen molar-refractivity contribution in [2.75, 3.05) is 13.1 Å². The Bertz CT molecular complexity index is 720. The van der Waals surface area contributed by atoms with Gasteiger partial charge in [0.15, 0.2) is 0 Å². The molecule has 0 unspecified atom stereocenters. The van der Waals surface area contributed by atoms with Crippen LogP contribution in [0.3, 0.4) is 0 Å². The van der Waals surface area contributed by atoms with E-state index < -0.39 is 0 Å². The number of nitrogens with zero attached hydrogens (tertiary/aromatic N) is 2. The fourth-order valence-electron chi connectivity index (χ4n) is 3.26. The van der Waals surface area contributed by atoms with Gasteiger partial charge in [0.25, 0.3) is 5.56 Å². The van der Waals surface area contributed by atoms with Crippen LogP contribution >= 0.6 is 11.3 Å². The zero-order chi connectivity index (χ0) is 15.7. The second-order valence-corrected chi connectivity index (χ2v) is 7.22. The zero-order valence-electron chi connectivity index (χ0n) is 13.2. The van der Waals surface area contributed by atoms with Gasteiger partial charge in [0.1, 0.15) is 10.7 Å². The van der Waals surface area contributed by atoms with Gasteiger partial charge in [0.05, 0.1) is 18.0 Å². The molecule has 0 saturated carbocycles. The van der Waals surface area contributed by atoms with Gasteiger partial charge in [-0.2, -0.15) is 0 Å². The fraction of sp³-hybridized carbons (Fsp3) is 0.625. The molecule has 0 amide bonds. The lowest BCUT2D eigenvalue weighted by Crippen LogP contribution is -2.32. The topological polar surface area (TPSA) is 69.2 Å². The summed E-state index contributed by atoms with van der Waals surface area (Å²) in [6.45, 7) is 5.95. The number of aliphatic hydroxyl groups excluding tert-OH is 1. The lowest BCUT2D eigenvalue weighted by molar-refractivity contribution is 0.121. The molecule has 2 aromatic heterocycles. The van der Waals surface area contributed by atoms with Crippen molar-refractivity contribution in [3.63, 3.8) is 0 Å². The normalized spacial score (nSPS) is 15.6. The number of hydrogen-bond acceptors (Lipinski definition) is 5. The summed E-state index contributed by atoms with van der Waals surface area (Å²) < 4.78 is 0. The highest BCUT2D eigenvalue weighted by atomic mass is 32.1. The second kappa shape index (κ2) is 6.48. The van der Waals surface area contributed by atoms with Gasteiger partial charge in [-0.1, -0.05) is 6.92 Å². The second-order valence-electron chi connectivity index (χ2n) is 6.13. The Morgan fingerprint density at radius 1 is 1.45 bits per heavy atom.